The molecule has 1 unspecified atom stereocenters. The quantitative estimate of drug-likeness (QED) is 0.881. The maximum absolute atomic E-state index is 12.4. The molecule has 6 nitrogen and oxygen atoms in total. The number of hydrogen-bond acceptors (Lipinski definition) is 4. The zero-order valence-corrected chi connectivity index (χ0v) is 11.7. The van der Waals surface area contributed by atoms with Crippen LogP contribution in [0.3, 0.4) is 0 Å². The lowest BCUT2D eigenvalue weighted by atomic mass is 9.94. The Balaban J connectivity index is 2.19. The van der Waals surface area contributed by atoms with Crippen molar-refractivity contribution >= 4 is 11.8 Å². The summed E-state index contributed by atoms with van der Waals surface area (Å²) in [6.07, 6.45) is 0.553. The van der Waals surface area contributed by atoms with E-state index in [9.17, 15) is 9.59 Å². The molecule has 1 aliphatic heterocycles. The first-order chi connectivity index (χ1) is 8.85. The molecular weight excluding hydrogens is 246 g/mol. The molecule has 1 N–H and O–H groups in total. The fraction of sp³-hybridized carbons (Fsp3) is 0.615. The van der Waals surface area contributed by atoms with Crippen LogP contribution in [0.5, 0.6) is 0 Å². The number of hydrogen-bond donors (Lipinski definition) is 1. The third kappa shape index (κ3) is 2.47. The van der Waals surface area contributed by atoms with Crippen LogP contribution in [-0.2, 0) is 16.1 Å². The lowest BCUT2D eigenvalue weighted by molar-refractivity contribution is -0.150. The number of carbonyl (C=O) groups excluding carboxylic acids is 2. The van der Waals surface area contributed by atoms with Gasteiger partial charge in [-0.1, -0.05) is 6.92 Å². The first-order valence-corrected chi connectivity index (χ1v) is 6.39. The van der Waals surface area contributed by atoms with Gasteiger partial charge in [0, 0.05) is 0 Å². The molecule has 1 saturated heterocycles. The van der Waals surface area contributed by atoms with E-state index < -0.39 is 5.54 Å². The summed E-state index contributed by atoms with van der Waals surface area (Å²) in [5.41, 5.74) is -0.0198. The van der Waals surface area contributed by atoms with Crippen LogP contribution in [0, 0.1) is 13.8 Å². The van der Waals surface area contributed by atoms with E-state index in [4.69, 9.17) is 4.42 Å². The summed E-state index contributed by atoms with van der Waals surface area (Å²) in [6, 6.07) is 0. The number of rotatable bonds is 3. The molecule has 2 amide bonds. The largest absolute Gasteiger partial charge is 0.444 e. The Labute approximate surface area is 112 Å². The van der Waals surface area contributed by atoms with Crippen molar-refractivity contribution in [3.05, 3.63) is 17.3 Å². The van der Waals surface area contributed by atoms with E-state index in [-0.39, 0.29) is 24.9 Å². The fourth-order valence-corrected chi connectivity index (χ4v) is 2.13. The fourth-order valence-electron chi connectivity index (χ4n) is 2.13. The van der Waals surface area contributed by atoms with Gasteiger partial charge in [-0.3, -0.25) is 9.59 Å². The van der Waals surface area contributed by atoms with Crippen molar-refractivity contribution in [2.24, 2.45) is 0 Å². The Morgan fingerprint density at radius 2 is 2.11 bits per heavy atom. The third-order valence-electron chi connectivity index (χ3n) is 3.62. The average molecular weight is 265 g/mol. The van der Waals surface area contributed by atoms with Crippen LogP contribution in [0.15, 0.2) is 4.42 Å². The van der Waals surface area contributed by atoms with Crippen molar-refractivity contribution in [2.75, 3.05) is 6.54 Å². The lowest BCUT2D eigenvalue weighted by Crippen LogP contribution is -2.64. The molecule has 1 aromatic heterocycles. The monoisotopic (exact) mass is 265 g/mol. The Morgan fingerprint density at radius 3 is 2.63 bits per heavy atom. The van der Waals surface area contributed by atoms with Crippen molar-refractivity contribution in [3.8, 4) is 0 Å². The number of nitrogens with zero attached hydrogens (tertiary/aromatic N) is 2. The molecule has 0 saturated carbocycles. The van der Waals surface area contributed by atoms with Gasteiger partial charge in [-0.2, -0.15) is 0 Å². The van der Waals surface area contributed by atoms with Crippen LogP contribution in [0.2, 0.25) is 0 Å². The maximum atomic E-state index is 12.4. The molecule has 2 rings (SSSR count). The Morgan fingerprint density at radius 1 is 1.42 bits per heavy atom. The zero-order chi connectivity index (χ0) is 14.2. The lowest BCUT2D eigenvalue weighted by Gasteiger charge is -2.38. The normalized spacial score (nSPS) is 23.7. The maximum Gasteiger partial charge on any atom is 0.248 e. The van der Waals surface area contributed by atoms with Gasteiger partial charge >= 0.3 is 0 Å². The first-order valence-electron chi connectivity index (χ1n) is 6.39. The average Bonchev–Trinajstić information content (AvgIpc) is 2.65. The van der Waals surface area contributed by atoms with Crippen LogP contribution in [0.25, 0.3) is 0 Å². The van der Waals surface area contributed by atoms with Crippen LogP contribution in [-0.4, -0.2) is 33.8 Å². The Hall–Kier alpha value is -1.85. The minimum absolute atomic E-state index is 0.0505. The Kier molecular flexibility index (Phi) is 3.34. The van der Waals surface area contributed by atoms with Gasteiger partial charge in [0.1, 0.15) is 17.8 Å². The van der Waals surface area contributed by atoms with Crippen LogP contribution < -0.4 is 5.32 Å². The minimum atomic E-state index is -0.827. The van der Waals surface area contributed by atoms with E-state index in [1.165, 1.54) is 4.90 Å². The smallest absolute Gasteiger partial charge is 0.248 e. The number of amides is 2. The number of piperazine rings is 1. The number of aryl methyl sites for hydroxylation is 2. The van der Waals surface area contributed by atoms with E-state index in [1.54, 1.807) is 6.92 Å². The molecule has 1 aromatic rings. The van der Waals surface area contributed by atoms with Gasteiger partial charge in [0.2, 0.25) is 17.7 Å². The SMILES string of the molecule is CCC1(C)NC(=O)CN(Cc2nc(C)c(C)o2)C1=O. The molecule has 6 heteroatoms. The second-order valence-corrected chi connectivity index (χ2v) is 5.14. The van der Waals surface area contributed by atoms with Crippen LogP contribution >= 0.6 is 0 Å². The molecule has 1 aliphatic rings. The molecule has 0 radical (unpaired) electrons. The van der Waals surface area contributed by atoms with Gasteiger partial charge in [0.05, 0.1) is 12.2 Å². The van der Waals surface area contributed by atoms with Crippen molar-refractivity contribution < 1.29 is 14.0 Å². The van der Waals surface area contributed by atoms with Gasteiger partial charge in [-0.25, -0.2) is 4.98 Å². The molecule has 2 heterocycles. The van der Waals surface area contributed by atoms with E-state index in [2.05, 4.69) is 10.3 Å². The van der Waals surface area contributed by atoms with Crippen molar-refractivity contribution in [2.45, 2.75) is 46.2 Å². The molecule has 19 heavy (non-hydrogen) atoms. The molecule has 1 fully saturated rings. The van der Waals surface area contributed by atoms with Crippen molar-refractivity contribution in [1.29, 1.82) is 0 Å². The Bertz CT molecular complexity index is 504. The van der Waals surface area contributed by atoms with Gasteiger partial charge in [-0.05, 0) is 27.2 Å². The predicted octanol–water partition coefficient (Wildman–Crippen LogP) is 0.919. The second kappa shape index (κ2) is 4.68. The highest BCUT2D eigenvalue weighted by molar-refractivity contribution is 5.97. The summed E-state index contributed by atoms with van der Waals surface area (Å²) in [5, 5.41) is 2.74. The topological polar surface area (TPSA) is 75.4 Å². The molecule has 1 atom stereocenters. The molecule has 0 aliphatic carbocycles. The van der Waals surface area contributed by atoms with E-state index in [0.29, 0.717) is 12.3 Å². The summed E-state index contributed by atoms with van der Waals surface area (Å²) in [7, 11) is 0. The second-order valence-electron chi connectivity index (χ2n) is 5.14. The summed E-state index contributed by atoms with van der Waals surface area (Å²) in [5.74, 6) is 0.964. The van der Waals surface area contributed by atoms with Gasteiger partial charge < -0.3 is 14.6 Å². The summed E-state index contributed by atoms with van der Waals surface area (Å²) in [6.45, 7) is 7.58. The van der Waals surface area contributed by atoms with Gasteiger partial charge in [-0.15, -0.1) is 0 Å². The van der Waals surface area contributed by atoms with E-state index in [1.807, 2.05) is 20.8 Å². The number of carbonyl (C=O) groups is 2. The zero-order valence-electron chi connectivity index (χ0n) is 11.7. The standard InChI is InChI=1S/C13H19N3O3/c1-5-13(4)12(18)16(6-10(17)15-13)7-11-14-8(2)9(3)19-11/h5-7H2,1-4H3,(H,15,17). The molecule has 0 bridgehead atoms. The van der Waals surface area contributed by atoms with Crippen molar-refractivity contribution in [1.82, 2.24) is 15.2 Å². The summed E-state index contributed by atoms with van der Waals surface area (Å²) in [4.78, 5) is 29.8. The predicted molar refractivity (Wildman–Crippen MR) is 68.2 cm³/mol. The van der Waals surface area contributed by atoms with Crippen LogP contribution in [0.4, 0.5) is 0 Å². The van der Waals surface area contributed by atoms with Gasteiger partial charge in [0.15, 0.2) is 0 Å². The number of nitrogens with one attached hydrogen (secondary N) is 1. The first kappa shape index (κ1) is 13.6. The van der Waals surface area contributed by atoms with Crippen molar-refractivity contribution in [3.63, 3.8) is 0 Å². The number of oxazole rings is 1. The van der Waals surface area contributed by atoms with E-state index in [0.717, 1.165) is 11.5 Å². The highest BCUT2D eigenvalue weighted by Gasteiger charge is 2.41. The molecule has 0 aromatic carbocycles. The van der Waals surface area contributed by atoms with Crippen LogP contribution in [0.1, 0.15) is 37.6 Å². The molecule has 104 valence electrons. The summed E-state index contributed by atoms with van der Waals surface area (Å²) >= 11 is 0. The molecular formula is C13H19N3O3. The molecule has 0 spiro atoms. The highest BCUT2D eigenvalue weighted by Crippen LogP contribution is 2.20. The minimum Gasteiger partial charge on any atom is -0.444 e. The highest BCUT2D eigenvalue weighted by atomic mass is 16.4. The summed E-state index contributed by atoms with van der Waals surface area (Å²) < 4.78 is 5.47. The third-order valence-corrected chi connectivity index (χ3v) is 3.62. The van der Waals surface area contributed by atoms with E-state index >= 15 is 0 Å². The number of aromatic nitrogens is 1. The van der Waals surface area contributed by atoms with Gasteiger partial charge in [0.25, 0.3) is 0 Å².